The molecule has 110 valence electrons. The van der Waals surface area contributed by atoms with Gasteiger partial charge in [-0.05, 0) is 25.0 Å². The Morgan fingerprint density at radius 3 is 2.65 bits per heavy atom. The fraction of sp³-hybridized carbons (Fsp3) is 0.538. The van der Waals surface area contributed by atoms with Crippen LogP contribution in [0.3, 0.4) is 0 Å². The molecule has 1 fully saturated rings. The van der Waals surface area contributed by atoms with Crippen molar-refractivity contribution >= 4 is 5.91 Å². The minimum Gasteiger partial charge on any atom is -0.388 e. The predicted octanol–water partition coefficient (Wildman–Crippen LogP) is 2.14. The van der Waals surface area contributed by atoms with Gasteiger partial charge in [0.25, 0.3) is 5.91 Å². The Bertz CT molecular complexity index is 497. The number of halogens is 3. The summed E-state index contributed by atoms with van der Waals surface area (Å²) < 4.78 is 38.3. The van der Waals surface area contributed by atoms with E-state index in [1.54, 1.807) is 0 Å². The average molecular weight is 288 g/mol. The first kappa shape index (κ1) is 14.8. The highest BCUT2D eigenvalue weighted by Gasteiger charge is 2.37. The van der Waals surface area contributed by atoms with Gasteiger partial charge in [0.05, 0.1) is 11.2 Å². The molecule has 1 aliphatic rings. The number of carbonyl (C=O) groups excluding carboxylic acids is 1. The van der Waals surface area contributed by atoms with Gasteiger partial charge < -0.3 is 10.4 Å². The highest BCUT2D eigenvalue weighted by atomic mass is 19.4. The van der Waals surface area contributed by atoms with Crippen molar-refractivity contribution in [1.82, 2.24) is 10.3 Å². The lowest BCUT2D eigenvalue weighted by atomic mass is 10.0. The number of nitrogens with one attached hydrogen (secondary N) is 1. The molecule has 20 heavy (non-hydrogen) atoms. The first-order valence-electron chi connectivity index (χ1n) is 6.35. The number of hydrogen-bond donors (Lipinski definition) is 2. The number of rotatable bonds is 3. The molecule has 7 heteroatoms. The summed E-state index contributed by atoms with van der Waals surface area (Å²) >= 11 is 0. The summed E-state index contributed by atoms with van der Waals surface area (Å²) in [6.45, 7) is -0.0558. The van der Waals surface area contributed by atoms with Gasteiger partial charge in [-0.1, -0.05) is 12.8 Å². The SMILES string of the molecule is O=C(NCC1(O)CCCC1)c1ncccc1C(F)(F)F. The van der Waals surface area contributed by atoms with E-state index in [4.69, 9.17) is 0 Å². The van der Waals surface area contributed by atoms with E-state index in [-0.39, 0.29) is 6.54 Å². The summed E-state index contributed by atoms with van der Waals surface area (Å²) in [6, 6.07) is 1.94. The summed E-state index contributed by atoms with van der Waals surface area (Å²) in [5.41, 5.74) is -2.75. The molecule has 1 aromatic heterocycles. The van der Waals surface area contributed by atoms with Gasteiger partial charge in [0.1, 0.15) is 5.69 Å². The summed E-state index contributed by atoms with van der Waals surface area (Å²) in [7, 11) is 0. The topological polar surface area (TPSA) is 62.2 Å². The molecule has 0 radical (unpaired) electrons. The van der Waals surface area contributed by atoms with Gasteiger partial charge in [0, 0.05) is 12.7 Å². The molecule has 1 aliphatic carbocycles. The quantitative estimate of drug-likeness (QED) is 0.895. The van der Waals surface area contributed by atoms with E-state index in [1.165, 1.54) is 0 Å². The molecule has 0 spiro atoms. The number of hydrogen-bond acceptors (Lipinski definition) is 3. The van der Waals surface area contributed by atoms with Gasteiger partial charge in [-0.25, -0.2) is 0 Å². The first-order chi connectivity index (χ1) is 9.32. The molecule has 0 aromatic carbocycles. The van der Waals surface area contributed by atoms with Gasteiger partial charge in [-0.3, -0.25) is 9.78 Å². The number of carbonyl (C=O) groups is 1. The number of aromatic nitrogens is 1. The van der Waals surface area contributed by atoms with Crippen LogP contribution in [0.4, 0.5) is 13.2 Å². The number of pyridine rings is 1. The van der Waals surface area contributed by atoms with Crippen molar-refractivity contribution in [3.8, 4) is 0 Å². The van der Waals surface area contributed by atoms with Crippen LogP contribution in [0, 0.1) is 0 Å². The van der Waals surface area contributed by atoms with Crippen LogP contribution in [-0.2, 0) is 6.18 Å². The second-order valence-corrected chi connectivity index (χ2v) is 5.01. The van der Waals surface area contributed by atoms with Crippen molar-refractivity contribution < 1.29 is 23.1 Å². The fourth-order valence-corrected chi connectivity index (χ4v) is 2.35. The van der Waals surface area contributed by atoms with Crippen molar-refractivity contribution in [2.75, 3.05) is 6.54 Å². The third-order valence-electron chi connectivity index (χ3n) is 3.44. The van der Waals surface area contributed by atoms with Crippen molar-refractivity contribution in [3.63, 3.8) is 0 Å². The fourth-order valence-electron chi connectivity index (χ4n) is 2.35. The van der Waals surface area contributed by atoms with Gasteiger partial charge >= 0.3 is 6.18 Å². The Morgan fingerprint density at radius 2 is 2.05 bits per heavy atom. The van der Waals surface area contributed by atoms with Crippen LogP contribution in [0.2, 0.25) is 0 Å². The van der Waals surface area contributed by atoms with E-state index in [0.29, 0.717) is 12.8 Å². The van der Waals surface area contributed by atoms with Crippen molar-refractivity contribution in [3.05, 3.63) is 29.6 Å². The zero-order valence-electron chi connectivity index (χ0n) is 10.7. The highest BCUT2D eigenvalue weighted by Crippen LogP contribution is 2.31. The van der Waals surface area contributed by atoms with Crippen molar-refractivity contribution in [1.29, 1.82) is 0 Å². The normalized spacial score (nSPS) is 18.0. The Labute approximate surface area is 114 Å². The molecular weight excluding hydrogens is 273 g/mol. The standard InChI is InChI=1S/C13H15F3N2O2/c14-13(15,16)9-4-3-7-17-10(9)11(19)18-8-12(20)5-1-2-6-12/h3-4,7,20H,1-2,5-6,8H2,(H,18,19). The van der Waals surface area contributed by atoms with Gasteiger partial charge in [0.15, 0.2) is 0 Å². The largest absolute Gasteiger partial charge is 0.418 e. The Morgan fingerprint density at radius 1 is 1.40 bits per heavy atom. The molecule has 2 rings (SSSR count). The number of alkyl halides is 3. The molecule has 2 N–H and O–H groups in total. The van der Waals surface area contributed by atoms with E-state index >= 15 is 0 Å². The Balaban J connectivity index is 2.10. The lowest BCUT2D eigenvalue weighted by molar-refractivity contribution is -0.138. The maximum atomic E-state index is 12.8. The smallest absolute Gasteiger partial charge is 0.388 e. The van der Waals surface area contributed by atoms with Gasteiger partial charge in [-0.15, -0.1) is 0 Å². The molecule has 0 atom stereocenters. The summed E-state index contributed by atoms with van der Waals surface area (Å²) in [4.78, 5) is 15.3. The maximum absolute atomic E-state index is 12.8. The van der Waals surface area contributed by atoms with Crippen LogP contribution in [-0.4, -0.2) is 28.1 Å². The van der Waals surface area contributed by atoms with Crippen LogP contribution in [0.5, 0.6) is 0 Å². The summed E-state index contributed by atoms with van der Waals surface area (Å²) in [5.74, 6) is -0.918. The molecule has 0 bridgehead atoms. The van der Waals surface area contributed by atoms with E-state index in [2.05, 4.69) is 10.3 Å². The van der Waals surface area contributed by atoms with Crippen LogP contribution in [0.15, 0.2) is 18.3 Å². The third-order valence-corrected chi connectivity index (χ3v) is 3.44. The number of amides is 1. The van der Waals surface area contributed by atoms with E-state index in [9.17, 15) is 23.1 Å². The number of aliphatic hydroxyl groups is 1. The minimum atomic E-state index is -4.63. The van der Waals surface area contributed by atoms with Crippen LogP contribution < -0.4 is 5.32 Å². The van der Waals surface area contributed by atoms with Crippen molar-refractivity contribution in [2.24, 2.45) is 0 Å². The van der Waals surface area contributed by atoms with E-state index in [1.807, 2.05) is 0 Å². The second-order valence-electron chi connectivity index (χ2n) is 5.01. The number of nitrogens with zero attached hydrogens (tertiary/aromatic N) is 1. The third kappa shape index (κ3) is 3.27. The molecule has 1 heterocycles. The van der Waals surface area contributed by atoms with E-state index in [0.717, 1.165) is 31.2 Å². The molecule has 4 nitrogen and oxygen atoms in total. The maximum Gasteiger partial charge on any atom is 0.418 e. The molecule has 0 unspecified atom stereocenters. The highest BCUT2D eigenvalue weighted by molar-refractivity contribution is 5.93. The van der Waals surface area contributed by atoms with Crippen molar-refractivity contribution in [2.45, 2.75) is 37.5 Å². The van der Waals surface area contributed by atoms with Gasteiger partial charge in [-0.2, -0.15) is 13.2 Å². The monoisotopic (exact) mass is 288 g/mol. The molecule has 0 aliphatic heterocycles. The molecule has 1 amide bonds. The predicted molar refractivity (Wildman–Crippen MR) is 65.0 cm³/mol. The van der Waals surface area contributed by atoms with E-state index < -0.39 is 28.9 Å². The zero-order chi connectivity index (χ0) is 14.8. The van der Waals surface area contributed by atoms with Crippen LogP contribution >= 0.6 is 0 Å². The average Bonchev–Trinajstić information content (AvgIpc) is 2.82. The summed E-state index contributed by atoms with van der Waals surface area (Å²) in [6.07, 6.45) is -0.712. The molecular formula is C13H15F3N2O2. The second kappa shape index (κ2) is 5.40. The molecule has 0 saturated heterocycles. The zero-order valence-corrected chi connectivity index (χ0v) is 10.7. The Kier molecular flexibility index (Phi) is 3.99. The van der Waals surface area contributed by atoms with Crippen LogP contribution in [0.1, 0.15) is 41.7 Å². The lowest BCUT2D eigenvalue weighted by Crippen LogP contribution is -2.41. The Hall–Kier alpha value is -1.63. The lowest BCUT2D eigenvalue weighted by Gasteiger charge is -2.22. The molecule has 1 saturated carbocycles. The first-order valence-corrected chi connectivity index (χ1v) is 6.35. The molecule has 1 aromatic rings. The summed E-state index contributed by atoms with van der Waals surface area (Å²) in [5, 5.41) is 12.4. The van der Waals surface area contributed by atoms with Gasteiger partial charge in [0.2, 0.25) is 0 Å². The van der Waals surface area contributed by atoms with Crippen LogP contribution in [0.25, 0.3) is 0 Å². The minimum absolute atomic E-state index is 0.0558.